The van der Waals surface area contributed by atoms with Crippen LogP contribution >= 0.6 is 0 Å². The number of piperidine rings is 1. The minimum atomic E-state index is 0.253. The van der Waals surface area contributed by atoms with Gasteiger partial charge in [0, 0.05) is 57.6 Å². The molecule has 0 aromatic carbocycles. The number of hydrogen-bond donors (Lipinski definition) is 0. The van der Waals surface area contributed by atoms with E-state index in [1.54, 1.807) is 6.20 Å². The highest BCUT2D eigenvalue weighted by Gasteiger charge is 2.26. The minimum Gasteiger partial charge on any atom is -0.379 e. The zero-order valence-corrected chi connectivity index (χ0v) is 17.6. The molecule has 4 heterocycles. The smallest absolute Gasteiger partial charge is 0.222 e. The normalized spacial score (nSPS) is 20.5. The molecule has 10 heteroatoms. The van der Waals surface area contributed by atoms with Gasteiger partial charge in [-0.05, 0) is 48.6 Å². The highest BCUT2D eigenvalue weighted by atomic mass is 16.5. The van der Waals surface area contributed by atoms with Crippen LogP contribution in [0.25, 0.3) is 0 Å². The van der Waals surface area contributed by atoms with Crippen molar-refractivity contribution in [3.63, 3.8) is 0 Å². The Morgan fingerprint density at radius 3 is 2.90 bits per heavy atom. The van der Waals surface area contributed by atoms with Crippen LogP contribution in [0.15, 0.2) is 18.5 Å². The Bertz CT molecular complexity index is 772. The van der Waals surface area contributed by atoms with Crippen molar-refractivity contribution in [2.45, 2.75) is 64.2 Å². The Balaban J connectivity index is 1.24. The van der Waals surface area contributed by atoms with Gasteiger partial charge in [0.15, 0.2) is 5.82 Å². The molecule has 0 N–H and O–H groups in total. The van der Waals surface area contributed by atoms with Crippen molar-refractivity contribution in [1.82, 2.24) is 39.8 Å². The number of likely N-dealkylation sites (tertiary alicyclic amines) is 1. The fourth-order valence-corrected chi connectivity index (χ4v) is 4.34. The Morgan fingerprint density at radius 2 is 2.07 bits per heavy atom. The summed E-state index contributed by atoms with van der Waals surface area (Å²) in [6.07, 6.45) is 9.42. The number of hydrogen-bond acceptors (Lipinski definition) is 7. The van der Waals surface area contributed by atoms with Crippen LogP contribution < -0.4 is 0 Å². The zero-order chi connectivity index (χ0) is 20.6. The number of nitrogens with zero attached hydrogens (tertiary/aromatic N) is 8. The molecule has 10 nitrogen and oxygen atoms in total. The molecule has 2 fully saturated rings. The Kier molecular flexibility index (Phi) is 7.41. The third-order valence-corrected chi connectivity index (χ3v) is 6.03. The molecular formula is C20H32N8O2. The summed E-state index contributed by atoms with van der Waals surface area (Å²) in [7, 11) is 0. The average Bonchev–Trinajstić information content (AvgIpc) is 3.45. The second kappa shape index (κ2) is 10.6. The first-order valence-electron chi connectivity index (χ1n) is 11.1. The topological polar surface area (TPSA) is 94.2 Å². The van der Waals surface area contributed by atoms with Gasteiger partial charge in [-0.3, -0.25) is 14.4 Å². The van der Waals surface area contributed by atoms with Crippen LogP contribution in [0.5, 0.6) is 0 Å². The van der Waals surface area contributed by atoms with E-state index in [-0.39, 0.29) is 5.91 Å². The number of tetrazole rings is 1. The van der Waals surface area contributed by atoms with E-state index in [1.165, 1.54) is 6.42 Å². The van der Waals surface area contributed by atoms with Crippen molar-refractivity contribution >= 4 is 5.91 Å². The van der Waals surface area contributed by atoms with E-state index in [0.29, 0.717) is 19.0 Å². The van der Waals surface area contributed by atoms with Gasteiger partial charge in [0.05, 0.1) is 19.8 Å². The minimum absolute atomic E-state index is 0.253. The molecule has 4 rings (SSSR count). The third-order valence-electron chi connectivity index (χ3n) is 6.03. The van der Waals surface area contributed by atoms with Crippen LogP contribution in [0.2, 0.25) is 0 Å². The predicted octanol–water partition coefficient (Wildman–Crippen LogP) is 0.953. The number of carbonyl (C=O) groups excluding carboxylic acids is 1. The molecule has 1 unspecified atom stereocenters. The van der Waals surface area contributed by atoms with Crippen LogP contribution in [0, 0.1) is 0 Å². The van der Waals surface area contributed by atoms with Gasteiger partial charge in [-0.2, -0.15) is 5.10 Å². The van der Waals surface area contributed by atoms with E-state index in [0.717, 1.165) is 77.4 Å². The van der Waals surface area contributed by atoms with Gasteiger partial charge < -0.3 is 9.64 Å². The number of aryl methyl sites for hydroxylation is 2. The van der Waals surface area contributed by atoms with Gasteiger partial charge in [0.1, 0.15) is 0 Å². The molecule has 0 bridgehead atoms. The molecule has 2 aliphatic heterocycles. The summed E-state index contributed by atoms with van der Waals surface area (Å²) in [5.74, 6) is 1.11. The lowest BCUT2D eigenvalue weighted by molar-refractivity contribution is -0.135. The molecule has 0 radical (unpaired) electrons. The van der Waals surface area contributed by atoms with Crippen molar-refractivity contribution in [2.24, 2.45) is 0 Å². The second-order valence-electron chi connectivity index (χ2n) is 8.10. The zero-order valence-electron chi connectivity index (χ0n) is 17.6. The number of carbonyl (C=O) groups is 1. The fourth-order valence-electron chi connectivity index (χ4n) is 4.34. The highest BCUT2D eigenvalue weighted by Crippen LogP contribution is 2.21. The lowest BCUT2D eigenvalue weighted by Gasteiger charge is -2.36. The monoisotopic (exact) mass is 416 g/mol. The molecule has 2 aromatic heterocycles. The van der Waals surface area contributed by atoms with E-state index < -0.39 is 0 Å². The maximum atomic E-state index is 12.9. The van der Waals surface area contributed by atoms with E-state index >= 15 is 0 Å². The molecule has 0 spiro atoms. The van der Waals surface area contributed by atoms with Gasteiger partial charge in [-0.1, -0.05) is 0 Å². The van der Waals surface area contributed by atoms with Crippen LogP contribution in [-0.2, 0) is 29.2 Å². The standard InChI is InChI=1S/C20H32N8O2/c29-20(27-10-2-1-5-18(27)7-12-26-9-4-8-21-26)6-3-11-28-19(22-23-24-28)17-25-13-15-30-16-14-25/h4,8-9,18H,1-3,5-7,10-17H2. The van der Waals surface area contributed by atoms with Gasteiger partial charge in [-0.25, -0.2) is 4.68 Å². The summed E-state index contributed by atoms with van der Waals surface area (Å²) in [6.45, 7) is 6.45. The molecule has 164 valence electrons. The fraction of sp³-hybridized carbons (Fsp3) is 0.750. The summed E-state index contributed by atoms with van der Waals surface area (Å²) < 4.78 is 9.19. The van der Waals surface area contributed by atoms with Gasteiger partial charge >= 0.3 is 0 Å². The average molecular weight is 417 g/mol. The number of ether oxygens (including phenoxy) is 1. The van der Waals surface area contributed by atoms with Crippen molar-refractivity contribution in [3.05, 3.63) is 24.3 Å². The second-order valence-corrected chi connectivity index (χ2v) is 8.10. The number of morpholine rings is 1. The van der Waals surface area contributed by atoms with Gasteiger partial charge in [0.2, 0.25) is 5.91 Å². The van der Waals surface area contributed by atoms with Crippen molar-refractivity contribution < 1.29 is 9.53 Å². The molecule has 2 aliphatic rings. The maximum absolute atomic E-state index is 12.9. The quantitative estimate of drug-likeness (QED) is 0.601. The number of rotatable bonds is 9. The largest absolute Gasteiger partial charge is 0.379 e. The molecule has 1 atom stereocenters. The maximum Gasteiger partial charge on any atom is 0.222 e. The summed E-state index contributed by atoms with van der Waals surface area (Å²) in [5.41, 5.74) is 0. The first-order valence-corrected chi connectivity index (χ1v) is 11.1. The molecule has 30 heavy (non-hydrogen) atoms. The first kappa shape index (κ1) is 20.9. The van der Waals surface area contributed by atoms with Gasteiger partial charge in [-0.15, -0.1) is 5.10 Å². The Hall–Kier alpha value is -2.33. The van der Waals surface area contributed by atoms with Crippen LogP contribution in [0.4, 0.5) is 0 Å². The van der Waals surface area contributed by atoms with Crippen LogP contribution in [0.3, 0.4) is 0 Å². The Labute approximate surface area is 177 Å². The van der Waals surface area contributed by atoms with Crippen molar-refractivity contribution in [2.75, 3.05) is 32.8 Å². The van der Waals surface area contributed by atoms with Crippen molar-refractivity contribution in [3.8, 4) is 0 Å². The first-order chi connectivity index (χ1) is 14.8. The van der Waals surface area contributed by atoms with E-state index in [2.05, 4.69) is 30.4 Å². The summed E-state index contributed by atoms with van der Waals surface area (Å²) >= 11 is 0. The third kappa shape index (κ3) is 5.63. The highest BCUT2D eigenvalue weighted by molar-refractivity contribution is 5.76. The molecular weight excluding hydrogens is 384 g/mol. The number of aromatic nitrogens is 6. The molecule has 0 saturated carbocycles. The van der Waals surface area contributed by atoms with E-state index in [9.17, 15) is 4.79 Å². The van der Waals surface area contributed by atoms with Gasteiger partial charge in [0.25, 0.3) is 0 Å². The predicted molar refractivity (Wildman–Crippen MR) is 109 cm³/mol. The van der Waals surface area contributed by atoms with Crippen LogP contribution in [-0.4, -0.2) is 84.6 Å². The SMILES string of the molecule is O=C(CCCn1nnnc1CN1CCOCC1)N1CCCCC1CCn1cccn1. The van der Waals surface area contributed by atoms with Crippen molar-refractivity contribution in [1.29, 1.82) is 0 Å². The summed E-state index contributed by atoms with van der Waals surface area (Å²) in [5, 5.41) is 16.4. The lowest BCUT2D eigenvalue weighted by atomic mass is 9.98. The lowest BCUT2D eigenvalue weighted by Crippen LogP contribution is -2.44. The Morgan fingerprint density at radius 1 is 1.17 bits per heavy atom. The van der Waals surface area contributed by atoms with E-state index in [1.807, 2.05) is 21.6 Å². The van der Waals surface area contributed by atoms with Crippen LogP contribution in [0.1, 0.15) is 44.3 Å². The summed E-state index contributed by atoms with van der Waals surface area (Å²) in [4.78, 5) is 17.3. The molecule has 1 amide bonds. The molecule has 0 aliphatic carbocycles. The molecule has 2 saturated heterocycles. The summed E-state index contributed by atoms with van der Waals surface area (Å²) in [6, 6.07) is 2.26. The number of amides is 1. The van der Waals surface area contributed by atoms with E-state index in [4.69, 9.17) is 4.74 Å². The molecule has 2 aromatic rings.